The molecule has 3 aromatic rings. The number of fused-ring (bicyclic) bond motifs is 2. The Kier molecular flexibility index (Phi) is 5.03. The largest absolute Gasteiger partial charge is 0.383 e. The molecule has 2 fully saturated rings. The highest BCUT2D eigenvalue weighted by molar-refractivity contribution is 6.42. The second-order valence-corrected chi connectivity index (χ2v) is 9.59. The molecule has 0 radical (unpaired) electrons. The van der Waals surface area contributed by atoms with Gasteiger partial charge in [-0.1, -0.05) is 40.9 Å². The van der Waals surface area contributed by atoms with E-state index in [1.165, 1.54) is 6.33 Å². The van der Waals surface area contributed by atoms with Gasteiger partial charge < -0.3 is 23.9 Å². The molecule has 1 aromatic carbocycles. The van der Waals surface area contributed by atoms with Crippen molar-refractivity contribution in [3.8, 4) is 0 Å². The van der Waals surface area contributed by atoms with Crippen molar-refractivity contribution in [1.29, 1.82) is 0 Å². The standard InChI is InChI=1S/C21H20Cl3N3O4/c1-20(2)30-14-15(31-20)19(27-7-6-11-17(24)25-9-26-18(11)27)29-16(14)21(3,28)10-4-5-12(22)13(23)8-10/h4-9,14-16,19,28H,1-3H3/t14-,15+,16-,19+,21+/m0/s1. The highest BCUT2D eigenvalue weighted by atomic mass is 35.5. The fraction of sp³-hybridized carbons (Fsp3) is 0.429. The van der Waals surface area contributed by atoms with E-state index in [1.54, 1.807) is 25.1 Å². The molecule has 7 nitrogen and oxygen atoms in total. The molecule has 0 unspecified atom stereocenters. The molecule has 164 valence electrons. The molecule has 0 amide bonds. The van der Waals surface area contributed by atoms with Crippen molar-refractivity contribution in [2.24, 2.45) is 0 Å². The first-order chi connectivity index (χ1) is 14.6. The van der Waals surface area contributed by atoms with Crippen LogP contribution in [0, 0.1) is 0 Å². The zero-order chi connectivity index (χ0) is 22.1. The van der Waals surface area contributed by atoms with Crippen LogP contribution in [0.2, 0.25) is 15.2 Å². The summed E-state index contributed by atoms with van der Waals surface area (Å²) >= 11 is 18.5. The van der Waals surface area contributed by atoms with Gasteiger partial charge in [0.1, 0.15) is 41.0 Å². The summed E-state index contributed by atoms with van der Waals surface area (Å²) in [5.74, 6) is -0.848. The van der Waals surface area contributed by atoms with Gasteiger partial charge in [0.15, 0.2) is 12.0 Å². The average molecular weight is 485 g/mol. The predicted molar refractivity (Wildman–Crippen MR) is 116 cm³/mol. The lowest BCUT2D eigenvalue weighted by molar-refractivity contribution is -0.221. The van der Waals surface area contributed by atoms with Gasteiger partial charge in [-0.25, -0.2) is 9.97 Å². The number of hydrogen-bond acceptors (Lipinski definition) is 6. The smallest absolute Gasteiger partial charge is 0.164 e. The summed E-state index contributed by atoms with van der Waals surface area (Å²) < 4.78 is 20.6. The van der Waals surface area contributed by atoms with Gasteiger partial charge in [0.05, 0.1) is 15.4 Å². The van der Waals surface area contributed by atoms with E-state index in [4.69, 9.17) is 49.0 Å². The van der Waals surface area contributed by atoms with Crippen molar-refractivity contribution in [3.05, 3.63) is 57.6 Å². The second-order valence-electron chi connectivity index (χ2n) is 8.41. The van der Waals surface area contributed by atoms with Gasteiger partial charge in [-0.15, -0.1) is 0 Å². The molecule has 1 N–H and O–H groups in total. The Bertz CT molecular complexity index is 1170. The van der Waals surface area contributed by atoms with Crippen molar-refractivity contribution >= 4 is 45.8 Å². The Morgan fingerprint density at radius 2 is 1.81 bits per heavy atom. The maximum atomic E-state index is 11.6. The van der Waals surface area contributed by atoms with E-state index >= 15 is 0 Å². The quantitative estimate of drug-likeness (QED) is 0.542. The van der Waals surface area contributed by atoms with E-state index in [0.717, 1.165) is 0 Å². The monoisotopic (exact) mass is 483 g/mol. The molecule has 2 aliphatic heterocycles. The lowest BCUT2D eigenvalue weighted by Gasteiger charge is -2.34. The molecule has 5 rings (SSSR count). The van der Waals surface area contributed by atoms with Crippen LogP contribution < -0.4 is 0 Å². The summed E-state index contributed by atoms with van der Waals surface area (Å²) in [5, 5.41) is 13.4. The minimum Gasteiger partial charge on any atom is -0.383 e. The summed E-state index contributed by atoms with van der Waals surface area (Å²) in [6, 6.07) is 6.82. The van der Waals surface area contributed by atoms with Crippen molar-refractivity contribution in [3.63, 3.8) is 0 Å². The molecule has 31 heavy (non-hydrogen) atoms. The SMILES string of the molecule is CC1(C)O[C@@H]2[C@H](O1)[C@@H]([C@](C)(O)c1ccc(Cl)c(Cl)c1)O[C@H]2n1ccc2c(Cl)ncnc21. The third-order valence-electron chi connectivity index (χ3n) is 5.82. The van der Waals surface area contributed by atoms with Crippen molar-refractivity contribution in [2.45, 2.75) is 56.7 Å². The van der Waals surface area contributed by atoms with Gasteiger partial charge >= 0.3 is 0 Å². The summed E-state index contributed by atoms with van der Waals surface area (Å²) in [5.41, 5.74) is -0.278. The van der Waals surface area contributed by atoms with Gasteiger partial charge in [-0.05, 0) is 44.5 Å². The zero-order valence-corrected chi connectivity index (χ0v) is 19.2. The third kappa shape index (κ3) is 3.43. The topological polar surface area (TPSA) is 78.6 Å². The first kappa shape index (κ1) is 21.4. The highest BCUT2D eigenvalue weighted by Gasteiger charge is 2.60. The van der Waals surface area contributed by atoms with E-state index in [1.807, 2.05) is 30.7 Å². The number of aliphatic hydroxyl groups is 1. The maximum absolute atomic E-state index is 11.6. The third-order valence-corrected chi connectivity index (χ3v) is 6.86. The molecule has 0 aliphatic carbocycles. The van der Waals surface area contributed by atoms with Crippen LogP contribution in [0.5, 0.6) is 0 Å². The Labute approximate surface area is 193 Å². The van der Waals surface area contributed by atoms with Crippen LogP contribution in [0.3, 0.4) is 0 Å². The fourth-order valence-corrected chi connectivity index (χ4v) is 4.86. The summed E-state index contributed by atoms with van der Waals surface area (Å²) in [6.45, 7) is 5.33. The van der Waals surface area contributed by atoms with Crippen LogP contribution in [0.4, 0.5) is 0 Å². The lowest BCUT2D eigenvalue weighted by Crippen LogP contribution is -2.45. The van der Waals surface area contributed by atoms with Crippen molar-refractivity contribution < 1.29 is 19.3 Å². The maximum Gasteiger partial charge on any atom is 0.164 e. The Morgan fingerprint density at radius 1 is 1.06 bits per heavy atom. The molecule has 10 heteroatoms. The van der Waals surface area contributed by atoms with Crippen LogP contribution in [0.1, 0.15) is 32.6 Å². The molecule has 0 bridgehead atoms. The molecular formula is C21H20Cl3N3O4. The predicted octanol–water partition coefficient (Wildman–Crippen LogP) is 4.72. The molecular weight excluding hydrogens is 465 g/mol. The van der Waals surface area contributed by atoms with Crippen molar-refractivity contribution in [2.75, 3.05) is 0 Å². The first-order valence-corrected chi connectivity index (χ1v) is 10.9. The molecule has 5 atom stereocenters. The minimum atomic E-state index is -1.44. The number of halogens is 3. The lowest BCUT2D eigenvalue weighted by atomic mass is 9.87. The number of hydrogen-bond donors (Lipinski definition) is 1. The molecule has 2 aliphatic rings. The number of ether oxygens (including phenoxy) is 3. The van der Waals surface area contributed by atoms with Crippen LogP contribution >= 0.6 is 34.8 Å². The summed E-state index contributed by atoms with van der Waals surface area (Å²) in [7, 11) is 0. The number of benzene rings is 1. The van der Waals surface area contributed by atoms with Crippen LogP contribution in [0.15, 0.2) is 36.8 Å². The highest BCUT2D eigenvalue weighted by Crippen LogP contribution is 2.49. The second kappa shape index (κ2) is 7.28. The van der Waals surface area contributed by atoms with Gasteiger partial charge in [-0.2, -0.15) is 0 Å². The summed E-state index contributed by atoms with van der Waals surface area (Å²) in [4.78, 5) is 8.39. The Balaban J connectivity index is 1.58. The number of aromatic nitrogens is 3. The van der Waals surface area contributed by atoms with Gasteiger partial charge in [-0.3, -0.25) is 0 Å². The van der Waals surface area contributed by atoms with Gasteiger partial charge in [0.25, 0.3) is 0 Å². The Hall–Kier alpha value is -1.45. The van der Waals surface area contributed by atoms with E-state index in [9.17, 15) is 5.11 Å². The molecule has 2 saturated heterocycles. The fourth-order valence-electron chi connectivity index (χ4n) is 4.37. The molecule has 0 saturated carbocycles. The first-order valence-electron chi connectivity index (χ1n) is 9.74. The molecule has 2 aromatic heterocycles. The van der Waals surface area contributed by atoms with Crippen molar-refractivity contribution in [1.82, 2.24) is 14.5 Å². The van der Waals surface area contributed by atoms with E-state index in [0.29, 0.717) is 31.8 Å². The molecule has 0 spiro atoms. The minimum absolute atomic E-state index is 0.345. The molecule has 4 heterocycles. The zero-order valence-electron chi connectivity index (χ0n) is 16.9. The van der Waals surface area contributed by atoms with E-state index < -0.39 is 35.9 Å². The van der Waals surface area contributed by atoms with Crippen LogP contribution in [0.25, 0.3) is 11.0 Å². The van der Waals surface area contributed by atoms with E-state index in [2.05, 4.69) is 9.97 Å². The normalized spacial score (nSPS) is 29.3. The average Bonchev–Trinajstić information content (AvgIpc) is 3.35. The van der Waals surface area contributed by atoms with Crippen LogP contribution in [-0.2, 0) is 19.8 Å². The Morgan fingerprint density at radius 3 is 2.55 bits per heavy atom. The van der Waals surface area contributed by atoms with Crippen LogP contribution in [-0.4, -0.2) is 43.7 Å². The van der Waals surface area contributed by atoms with Gasteiger partial charge in [0.2, 0.25) is 0 Å². The van der Waals surface area contributed by atoms with E-state index in [-0.39, 0.29) is 0 Å². The summed E-state index contributed by atoms with van der Waals surface area (Å²) in [6.07, 6.45) is 0.827. The number of nitrogens with zero attached hydrogens (tertiary/aromatic N) is 3. The number of rotatable bonds is 3. The van der Waals surface area contributed by atoms with Gasteiger partial charge in [0, 0.05) is 6.20 Å².